The third-order valence-electron chi connectivity index (χ3n) is 4.39. The molecule has 2 aliphatic rings. The lowest BCUT2D eigenvalue weighted by Gasteiger charge is -2.27. The van der Waals surface area contributed by atoms with E-state index in [-0.39, 0.29) is 10.8 Å². The summed E-state index contributed by atoms with van der Waals surface area (Å²) >= 11 is 0. The molecular weight excluding hydrogens is 296 g/mol. The summed E-state index contributed by atoms with van der Waals surface area (Å²) in [7, 11) is -3.48. The molecule has 0 spiro atoms. The number of benzene rings is 1. The van der Waals surface area contributed by atoms with E-state index in [4.69, 9.17) is 0 Å². The van der Waals surface area contributed by atoms with Crippen molar-refractivity contribution in [3.8, 4) is 0 Å². The van der Waals surface area contributed by atoms with Gasteiger partial charge in [0.05, 0.1) is 11.3 Å². The van der Waals surface area contributed by atoms with Gasteiger partial charge in [-0.2, -0.15) is 4.31 Å². The van der Waals surface area contributed by atoms with E-state index in [2.05, 4.69) is 0 Å². The van der Waals surface area contributed by atoms with Crippen LogP contribution in [0.15, 0.2) is 18.2 Å². The Morgan fingerprint density at radius 2 is 1.81 bits per heavy atom. The minimum absolute atomic E-state index is 0.130. The molecule has 1 saturated heterocycles. The minimum atomic E-state index is -3.48. The molecule has 0 unspecified atom stereocenters. The van der Waals surface area contributed by atoms with Crippen molar-refractivity contribution in [3.63, 3.8) is 0 Å². The maximum atomic E-state index is 14.0. The molecule has 2 fully saturated rings. The van der Waals surface area contributed by atoms with Crippen LogP contribution in [-0.4, -0.2) is 18.0 Å². The highest BCUT2D eigenvalue weighted by atomic mass is 32.2. The van der Waals surface area contributed by atoms with Crippen molar-refractivity contribution in [2.45, 2.75) is 49.8 Å². The first kappa shape index (κ1) is 14.9. The summed E-state index contributed by atoms with van der Waals surface area (Å²) in [6.07, 6.45) is 4.20. The Morgan fingerprint density at radius 3 is 2.52 bits per heavy atom. The summed E-state index contributed by atoms with van der Waals surface area (Å²) in [4.78, 5) is 0. The van der Waals surface area contributed by atoms with Crippen molar-refractivity contribution in [1.29, 1.82) is 0 Å². The molecular formula is C15H18F2NO2S. The molecule has 1 atom stereocenters. The van der Waals surface area contributed by atoms with Gasteiger partial charge in [0.15, 0.2) is 0 Å². The second kappa shape index (κ2) is 5.65. The Kier molecular flexibility index (Phi) is 4.01. The Labute approximate surface area is 124 Å². The first-order valence-electron chi connectivity index (χ1n) is 7.31. The van der Waals surface area contributed by atoms with Crippen LogP contribution in [0.3, 0.4) is 0 Å². The van der Waals surface area contributed by atoms with Gasteiger partial charge < -0.3 is 0 Å². The van der Waals surface area contributed by atoms with Gasteiger partial charge in [0.2, 0.25) is 10.0 Å². The van der Waals surface area contributed by atoms with Crippen LogP contribution in [0.5, 0.6) is 0 Å². The van der Waals surface area contributed by atoms with E-state index in [9.17, 15) is 17.2 Å². The Bertz CT molecular complexity index is 627. The van der Waals surface area contributed by atoms with Gasteiger partial charge in [-0.1, -0.05) is 12.8 Å². The third kappa shape index (κ3) is 2.71. The fourth-order valence-corrected chi connectivity index (χ4v) is 5.48. The van der Waals surface area contributed by atoms with Gasteiger partial charge in [0, 0.05) is 12.1 Å². The molecule has 1 aliphatic heterocycles. The molecule has 115 valence electrons. The molecule has 1 aliphatic carbocycles. The topological polar surface area (TPSA) is 37.4 Å². The summed E-state index contributed by atoms with van der Waals surface area (Å²) in [5.41, 5.74) is 0.130. The molecule has 0 amide bonds. The maximum Gasteiger partial charge on any atom is 0.217 e. The molecule has 3 nitrogen and oxygen atoms in total. The van der Waals surface area contributed by atoms with E-state index in [0.717, 1.165) is 31.0 Å². The zero-order chi connectivity index (χ0) is 15.0. The lowest BCUT2D eigenvalue weighted by atomic mass is 10.0. The fourth-order valence-electron chi connectivity index (χ4n) is 3.32. The van der Waals surface area contributed by atoms with E-state index in [1.165, 1.54) is 4.31 Å². The Morgan fingerprint density at radius 1 is 1.10 bits per heavy atom. The number of sulfonamides is 1. The summed E-state index contributed by atoms with van der Waals surface area (Å²) in [6.45, 7) is 1.61. The van der Waals surface area contributed by atoms with Gasteiger partial charge in [0.1, 0.15) is 11.6 Å². The molecule has 0 N–H and O–H groups in total. The van der Waals surface area contributed by atoms with Crippen molar-refractivity contribution >= 4 is 10.0 Å². The maximum absolute atomic E-state index is 14.0. The van der Waals surface area contributed by atoms with Gasteiger partial charge in [-0.3, -0.25) is 0 Å². The molecule has 0 aromatic heterocycles. The normalized spacial score (nSPS) is 24.8. The molecule has 3 rings (SSSR count). The highest BCUT2D eigenvalue weighted by molar-refractivity contribution is 7.89. The van der Waals surface area contributed by atoms with Crippen LogP contribution < -0.4 is 0 Å². The van der Waals surface area contributed by atoms with Gasteiger partial charge in [0.25, 0.3) is 0 Å². The summed E-state index contributed by atoms with van der Waals surface area (Å²) in [5, 5.41) is -0.383. The molecule has 1 radical (unpaired) electrons. The van der Waals surface area contributed by atoms with Crippen molar-refractivity contribution in [1.82, 2.24) is 4.31 Å². The quantitative estimate of drug-likeness (QED) is 0.856. The monoisotopic (exact) mass is 314 g/mol. The van der Waals surface area contributed by atoms with Crippen LogP contribution in [0.2, 0.25) is 0 Å². The predicted molar refractivity (Wildman–Crippen MR) is 75.6 cm³/mol. The number of rotatable bonds is 3. The van der Waals surface area contributed by atoms with Crippen molar-refractivity contribution in [2.24, 2.45) is 0 Å². The molecule has 6 heteroatoms. The average Bonchev–Trinajstić information content (AvgIpc) is 3.12. The molecule has 1 aromatic carbocycles. The minimum Gasteiger partial charge on any atom is -0.212 e. The van der Waals surface area contributed by atoms with E-state index in [1.807, 2.05) is 0 Å². The van der Waals surface area contributed by atoms with Gasteiger partial charge in [-0.25, -0.2) is 17.2 Å². The van der Waals surface area contributed by atoms with E-state index >= 15 is 0 Å². The van der Waals surface area contributed by atoms with E-state index < -0.39 is 27.7 Å². The number of hydrogen-bond donors (Lipinski definition) is 0. The zero-order valence-electron chi connectivity index (χ0n) is 11.6. The predicted octanol–water partition coefficient (Wildman–Crippen LogP) is 3.54. The van der Waals surface area contributed by atoms with E-state index in [0.29, 0.717) is 25.7 Å². The average molecular weight is 314 g/mol. The molecule has 0 bridgehead atoms. The Balaban J connectivity index is 1.93. The number of nitrogens with zero attached hydrogens (tertiary/aromatic N) is 1. The SMILES string of the molecule is O=S(=O)(C1CCCC1)N1[CH]CC[C@@H]1c1cc(F)ccc1F. The lowest BCUT2D eigenvalue weighted by molar-refractivity contribution is 0.404. The van der Waals surface area contributed by atoms with Crippen molar-refractivity contribution < 1.29 is 17.2 Å². The smallest absolute Gasteiger partial charge is 0.212 e. The highest BCUT2D eigenvalue weighted by Crippen LogP contribution is 2.41. The second-order valence-corrected chi connectivity index (χ2v) is 7.84. The first-order valence-corrected chi connectivity index (χ1v) is 8.81. The van der Waals surface area contributed by atoms with Gasteiger partial charge in [-0.05, 0) is 43.9 Å². The van der Waals surface area contributed by atoms with Crippen LogP contribution in [0.1, 0.15) is 50.1 Å². The Hall–Kier alpha value is -1.01. The van der Waals surface area contributed by atoms with Crippen LogP contribution in [0.4, 0.5) is 8.78 Å². The summed E-state index contributed by atoms with van der Waals surface area (Å²) in [6, 6.07) is 2.60. The van der Waals surface area contributed by atoms with Crippen LogP contribution in [-0.2, 0) is 10.0 Å². The first-order chi connectivity index (χ1) is 10.00. The summed E-state index contributed by atoms with van der Waals surface area (Å²) < 4.78 is 54.0. The lowest BCUT2D eigenvalue weighted by Crippen LogP contribution is -2.35. The van der Waals surface area contributed by atoms with Gasteiger partial charge >= 0.3 is 0 Å². The number of hydrogen-bond acceptors (Lipinski definition) is 2. The van der Waals surface area contributed by atoms with Crippen molar-refractivity contribution in [3.05, 3.63) is 41.9 Å². The fraction of sp³-hybridized carbons (Fsp3) is 0.533. The number of halogens is 2. The van der Waals surface area contributed by atoms with E-state index in [1.54, 1.807) is 6.54 Å². The van der Waals surface area contributed by atoms with Crippen molar-refractivity contribution in [2.75, 3.05) is 0 Å². The van der Waals surface area contributed by atoms with Crippen LogP contribution >= 0.6 is 0 Å². The third-order valence-corrected chi connectivity index (χ3v) is 6.70. The van der Waals surface area contributed by atoms with Crippen LogP contribution in [0, 0.1) is 18.2 Å². The standard InChI is InChI=1S/C15H18F2NO2S/c16-11-7-8-14(17)13(10-11)15-6-3-9-18(15)21(19,20)12-4-1-2-5-12/h7-10,12,15H,1-6H2/t15-/m1/s1. The molecule has 21 heavy (non-hydrogen) atoms. The van der Waals surface area contributed by atoms with Crippen LogP contribution in [0.25, 0.3) is 0 Å². The zero-order valence-corrected chi connectivity index (χ0v) is 12.5. The molecule has 1 saturated carbocycles. The molecule has 1 aromatic rings. The molecule has 1 heterocycles. The summed E-state index contributed by atoms with van der Waals surface area (Å²) in [5.74, 6) is -1.10. The van der Waals surface area contributed by atoms with Gasteiger partial charge in [-0.15, -0.1) is 0 Å². The second-order valence-electron chi connectivity index (χ2n) is 5.72. The highest BCUT2D eigenvalue weighted by Gasteiger charge is 2.41. The largest absolute Gasteiger partial charge is 0.217 e.